The van der Waals surface area contributed by atoms with Gasteiger partial charge in [0, 0.05) is 17.3 Å². The first-order valence-electron chi connectivity index (χ1n) is 4.77. The summed E-state index contributed by atoms with van der Waals surface area (Å²) < 4.78 is 0. The Bertz CT molecular complexity index is 508. The molecule has 74 valence electrons. The standard InChI is InChI=1S/C12H10N2S/c1-2-4-11-10(3-1)5-8-15(11)12-9-13-6-7-14-12/h1-9,15H. The number of hydrogen-bond donors (Lipinski definition) is 1. The van der Waals surface area contributed by atoms with Crippen molar-refractivity contribution in [1.82, 2.24) is 9.97 Å². The summed E-state index contributed by atoms with van der Waals surface area (Å²) >= 11 is 0. The Morgan fingerprint density at radius 3 is 2.87 bits per heavy atom. The smallest absolute Gasteiger partial charge is 0.102 e. The summed E-state index contributed by atoms with van der Waals surface area (Å²) in [4.78, 5) is 9.88. The molecule has 1 atom stereocenters. The van der Waals surface area contributed by atoms with Crippen LogP contribution in [0.3, 0.4) is 0 Å². The normalized spacial score (nSPS) is 20.1. The van der Waals surface area contributed by atoms with Crippen LogP contribution in [0.4, 0.5) is 0 Å². The van der Waals surface area contributed by atoms with E-state index in [0.29, 0.717) is 0 Å². The van der Waals surface area contributed by atoms with E-state index in [2.05, 4.69) is 45.7 Å². The fourth-order valence-corrected chi connectivity index (χ4v) is 3.62. The van der Waals surface area contributed by atoms with E-state index < -0.39 is 10.9 Å². The van der Waals surface area contributed by atoms with Crippen LogP contribution in [-0.4, -0.2) is 9.97 Å². The van der Waals surface area contributed by atoms with Gasteiger partial charge in [-0.25, -0.2) is 4.98 Å². The van der Waals surface area contributed by atoms with E-state index in [1.54, 1.807) is 12.4 Å². The van der Waals surface area contributed by atoms with Crippen LogP contribution in [0.5, 0.6) is 0 Å². The van der Waals surface area contributed by atoms with Gasteiger partial charge in [0.25, 0.3) is 0 Å². The number of benzene rings is 1. The highest BCUT2D eigenvalue weighted by Crippen LogP contribution is 2.50. The lowest BCUT2D eigenvalue weighted by atomic mass is 10.2. The maximum Gasteiger partial charge on any atom is 0.102 e. The summed E-state index contributed by atoms with van der Waals surface area (Å²) in [6.45, 7) is 0. The maximum atomic E-state index is 4.37. The first-order chi connectivity index (χ1) is 7.45. The van der Waals surface area contributed by atoms with Gasteiger partial charge in [-0.05, 0) is 23.1 Å². The minimum Gasteiger partial charge on any atom is -0.260 e. The fourth-order valence-electron chi connectivity index (χ4n) is 1.70. The number of nitrogens with zero attached hydrogens (tertiary/aromatic N) is 2. The molecular formula is C12H10N2S. The number of hydrogen-bond acceptors (Lipinski definition) is 2. The minimum absolute atomic E-state index is 0.410. The van der Waals surface area contributed by atoms with E-state index in [-0.39, 0.29) is 0 Å². The number of rotatable bonds is 1. The zero-order valence-corrected chi connectivity index (χ0v) is 8.93. The van der Waals surface area contributed by atoms with Gasteiger partial charge < -0.3 is 0 Å². The lowest BCUT2D eigenvalue weighted by Gasteiger charge is -2.13. The fraction of sp³-hybridized carbons (Fsp3) is 0. The van der Waals surface area contributed by atoms with Gasteiger partial charge in [-0.15, -0.1) is 0 Å². The van der Waals surface area contributed by atoms with Gasteiger partial charge in [0.2, 0.25) is 0 Å². The highest BCUT2D eigenvalue weighted by molar-refractivity contribution is 8.20. The SMILES string of the molecule is C1=C[SH](c2cnccn2)c2ccccc21. The van der Waals surface area contributed by atoms with Crippen molar-refractivity contribution in [2.75, 3.05) is 0 Å². The lowest BCUT2D eigenvalue weighted by molar-refractivity contribution is 1.05. The van der Waals surface area contributed by atoms with E-state index in [1.807, 2.05) is 6.20 Å². The molecule has 1 aliphatic heterocycles. The molecule has 3 heteroatoms. The topological polar surface area (TPSA) is 25.8 Å². The van der Waals surface area contributed by atoms with E-state index in [9.17, 15) is 0 Å². The second-order valence-electron chi connectivity index (χ2n) is 3.31. The monoisotopic (exact) mass is 214 g/mol. The molecule has 0 spiro atoms. The molecule has 1 aromatic carbocycles. The summed E-state index contributed by atoms with van der Waals surface area (Å²) in [6.07, 6.45) is 7.50. The minimum atomic E-state index is -0.410. The molecule has 0 bridgehead atoms. The Morgan fingerprint density at radius 2 is 2.00 bits per heavy atom. The van der Waals surface area contributed by atoms with Crippen molar-refractivity contribution in [3.05, 3.63) is 53.8 Å². The van der Waals surface area contributed by atoms with Crippen LogP contribution in [0.1, 0.15) is 5.56 Å². The molecule has 1 unspecified atom stereocenters. The Labute approximate surface area is 91.1 Å². The molecule has 2 aromatic rings. The van der Waals surface area contributed by atoms with Gasteiger partial charge in [0.1, 0.15) is 5.03 Å². The third-order valence-electron chi connectivity index (χ3n) is 2.40. The molecule has 2 heterocycles. The number of fused-ring (bicyclic) bond motifs is 1. The molecule has 1 aliphatic rings. The predicted molar refractivity (Wildman–Crippen MR) is 63.0 cm³/mol. The van der Waals surface area contributed by atoms with Gasteiger partial charge in [0.05, 0.1) is 6.20 Å². The molecule has 3 rings (SSSR count). The van der Waals surface area contributed by atoms with Crippen LogP contribution in [0.25, 0.3) is 6.08 Å². The first kappa shape index (κ1) is 8.68. The second-order valence-corrected chi connectivity index (χ2v) is 5.29. The third-order valence-corrected chi connectivity index (χ3v) is 4.49. The van der Waals surface area contributed by atoms with Crippen molar-refractivity contribution >= 4 is 17.0 Å². The van der Waals surface area contributed by atoms with Crippen molar-refractivity contribution in [1.29, 1.82) is 0 Å². The molecule has 0 amide bonds. The molecule has 15 heavy (non-hydrogen) atoms. The van der Waals surface area contributed by atoms with Crippen molar-refractivity contribution < 1.29 is 0 Å². The largest absolute Gasteiger partial charge is 0.260 e. The van der Waals surface area contributed by atoms with Crippen molar-refractivity contribution in [3.8, 4) is 0 Å². The Kier molecular flexibility index (Phi) is 2.03. The molecular weight excluding hydrogens is 204 g/mol. The number of aromatic nitrogens is 2. The van der Waals surface area contributed by atoms with Crippen LogP contribution < -0.4 is 0 Å². The Morgan fingerprint density at radius 1 is 1.07 bits per heavy atom. The van der Waals surface area contributed by atoms with Gasteiger partial charge in [0.15, 0.2) is 0 Å². The zero-order chi connectivity index (χ0) is 10.1. The highest BCUT2D eigenvalue weighted by Gasteiger charge is 2.15. The van der Waals surface area contributed by atoms with E-state index >= 15 is 0 Å². The summed E-state index contributed by atoms with van der Waals surface area (Å²) in [5, 5.41) is 3.32. The molecule has 0 radical (unpaired) electrons. The summed E-state index contributed by atoms with van der Waals surface area (Å²) in [7, 11) is -0.410. The summed E-state index contributed by atoms with van der Waals surface area (Å²) in [6, 6.07) is 8.47. The average molecular weight is 214 g/mol. The first-order valence-corrected chi connectivity index (χ1v) is 6.19. The maximum absolute atomic E-state index is 4.37. The average Bonchev–Trinajstić information content (AvgIpc) is 2.74. The predicted octanol–water partition coefficient (Wildman–Crippen LogP) is 2.88. The van der Waals surface area contributed by atoms with Crippen LogP contribution in [-0.2, 0) is 0 Å². The van der Waals surface area contributed by atoms with Crippen LogP contribution in [0, 0.1) is 0 Å². The second kappa shape index (κ2) is 3.51. The van der Waals surface area contributed by atoms with Crippen LogP contribution >= 0.6 is 10.9 Å². The molecule has 2 nitrogen and oxygen atoms in total. The van der Waals surface area contributed by atoms with Gasteiger partial charge in [-0.1, -0.05) is 18.2 Å². The molecule has 0 saturated carbocycles. The van der Waals surface area contributed by atoms with Crippen molar-refractivity contribution in [3.63, 3.8) is 0 Å². The molecule has 0 aliphatic carbocycles. The van der Waals surface area contributed by atoms with Crippen molar-refractivity contribution in [2.24, 2.45) is 0 Å². The van der Waals surface area contributed by atoms with Crippen LogP contribution in [0.15, 0.2) is 58.2 Å². The lowest BCUT2D eigenvalue weighted by Crippen LogP contribution is -1.86. The molecule has 1 aromatic heterocycles. The summed E-state index contributed by atoms with van der Waals surface area (Å²) in [5.41, 5.74) is 1.31. The van der Waals surface area contributed by atoms with E-state index in [0.717, 1.165) is 5.03 Å². The Hall–Kier alpha value is -1.61. The molecule has 0 N–H and O–H groups in total. The highest BCUT2D eigenvalue weighted by atomic mass is 32.2. The number of thiol groups is 1. The Balaban J connectivity index is 2.09. The van der Waals surface area contributed by atoms with Crippen LogP contribution in [0.2, 0.25) is 0 Å². The summed E-state index contributed by atoms with van der Waals surface area (Å²) in [5.74, 6) is 0. The van der Waals surface area contributed by atoms with Gasteiger partial charge in [-0.3, -0.25) is 4.98 Å². The van der Waals surface area contributed by atoms with Gasteiger partial charge >= 0.3 is 0 Å². The zero-order valence-electron chi connectivity index (χ0n) is 8.04. The van der Waals surface area contributed by atoms with E-state index in [1.165, 1.54) is 10.5 Å². The van der Waals surface area contributed by atoms with E-state index in [4.69, 9.17) is 0 Å². The quantitative estimate of drug-likeness (QED) is 0.739. The third kappa shape index (κ3) is 1.45. The molecule has 0 saturated heterocycles. The van der Waals surface area contributed by atoms with Gasteiger partial charge in [-0.2, -0.15) is 10.9 Å². The van der Waals surface area contributed by atoms with Crippen molar-refractivity contribution in [2.45, 2.75) is 9.92 Å². The molecule has 0 fully saturated rings.